The van der Waals surface area contributed by atoms with E-state index in [1.54, 1.807) is 6.20 Å². The monoisotopic (exact) mass is 315 g/mol. The van der Waals surface area contributed by atoms with E-state index < -0.39 is 11.6 Å². The fourth-order valence-electron chi connectivity index (χ4n) is 2.54. The summed E-state index contributed by atoms with van der Waals surface area (Å²) in [4.78, 5) is 16.3. The maximum Gasteiger partial charge on any atom is 0.224 e. The van der Waals surface area contributed by atoms with Gasteiger partial charge in [-0.25, -0.2) is 13.8 Å². The van der Waals surface area contributed by atoms with E-state index in [4.69, 9.17) is 0 Å². The van der Waals surface area contributed by atoms with Crippen molar-refractivity contribution in [2.75, 3.05) is 0 Å². The third kappa shape index (κ3) is 3.21. The van der Waals surface area contributed by atoms with Gasteiger partial charge in [-0.05, 0) is 35.9 Å². The number of rotatable bonds is 4. The number of halogens is 2. The van der Waals surface area contributed by atoms with Gasteiger partial charge in [0.2, 0.25) is 5.91 Å². The Bertz CT molecular complexity index is 873. The lowest BCUT2D eigenvalue weighted by Gasteiger charge is -2.06. The van der Waals surface area contributed by atoms with Gasteiger partial charge in [-0.15, -0.1) is 0 Å². The van der Waals surface area contributed by atoms with Gasteiger partial charge < -0.3 is 9.88 Å². The summed E-state index contributed by atoms with van der Waals surface area (Å²) in [7, 11) is 1.86. The van der Waals surface area contributed by atoms with Gasteiger partial charge in [0.05, 0.1) is 6.42 Å². The zero-order valence-corrected chi connectivity index (χ0v) is 12.5. The molecule has 0 atom stereocenters. The van der Waals surface area contributed by atoms with E-state index in [0.29, 0.717) is 0 Å². The summed E-state index contributed by atoms with van der Waals surface area (Å²) in [5.41, 5.74) is 1.76. The number of aryl methyl sites for hydroxylation is 1. The molecule has 2 heterocycles. The minimum absolute atomic E-state index is 0.0502. The van der Waals surface area contributed by atoms with Gasteiger partial charge in [0.15, 0.2) is 0 Å². The molecule has 3 aromatic rings. The summed E-state index contributed by atoms with van der Waals surface area (Å²) in [6.07, 6.45) is 3.69. The van der Waals surface area contributed by atoms with Crippen LogP contribution in [-0.2, 0) is 24.8 Å². The van der Waals surface area contributed by atoms with Gasteiger partial charge in [-0.2, -0.15) is 0 Å². The molecule has 0 spiro atoms. The van der Waals surface area contributed by atoms with Crippen molar-refractivity contribution in [3.63, 3.8) is 0 Å². The lowest BCUT2D eigenvalue weighted by Crippen LogP contribution is -2.25. The van der Waals surface area contributed by atoms with Crippen LogP contribution in [0.2, 0.25) is 0 Å². The Labute approximate surface area is 131 Å². The highest BCUT2D eigenvalue weighted by molar-refractivity contribution is 5.87. The van der Waals surface area contributed by atoms with E-state index in [9.17, 15) is 13.6 Å². The van der Waals surface area contributed by atoms with Crippen molar-refractivity contribution in [2.24, 2.45) is 7.05 Å². The number of aromatic nitrogens is 2. The summed E-state index contributed by atoms with van der Waals surface area (Å²) in [5, 5.41) is 3.52. The molecule has 2 aromatic heterocycles. The van der Waals surface area contributed by atoms with Crippen LogP contribution in [0.4, 0.5) is 8.78 Å². The van der Waals surface area contributed by atoms with Crippen LogP contribution in [0.5, 0.6) is 0 Å². The normalized spacial score (nSPS) is 10.9. The third-order valence-electron chi connectivity index (χ3n) is 3.65. The van der Waals surface area contributed by atoms with E-state index in [-0.39, 0.29) is 24.4 Å². The zero-order valence-electron chi connectivity index (χ0n) is 12.5. The highest BCUT2D eigenvalue weighted by Gasteiger charge is 2.12. The molecule has 0 fully saturated rings. The number of pyridine rings is 1. The minimum Gasteiger partial charge on any atom is -0.352 e. The maximum absolute atomic E-state index is 13.5. The maximum atomic E-state index is 13.5. The quantitative estimate of drug-likeness (QED) is 0.805. The number of hydrogen-bond acceptors (Lipinski definition) is 2. The Kier molecular flexibility index (Phi) is 4.06. The molecule has 0 aliphatic heterocycles. The summed E-state index contributed by atoms with van der Waals surface area (Å²) in [6.45, 7) is -0.0502. The number of hydrogen-bond donors (Lipinski definition) is 1. The summed E-state index contributed by atoms with van der Waals surface area (Å²) in [6, 6.07) is 6.89. The number of nitrogens with zero attached hydrogens (tertiary/aromatic N) is 2. The van der Waals surface area contributed by atoms with Crippen LogP contribution in [-0.4, -0.2) is 15.5 Å². The molecule has 4 nitrogen and oxygen atoms in total. The second kappa shape index (κ2) is 6.16. The van der Waals surface area contributed by atoms with E-state index in [2.05, 4.69) is 10.3 Å². The highest BCUT2D eigenvalue weighted by atomic mass is 19.1. The molecule has 0 unspecified atom stereocenters. The molecule has 23 heavy (non-hydrogen) atoms. The van der Waals surface area contributed by atoms with Gasteiger partial charge in [-0.3, -0.25) is 4.79 Å². The molecule has 118 valence electrons. The molecule has 3 rings (SSSR count). The average molecular weight is 315 g/mol. The van der Waals surface area contributed by atoms with Gasteiger partial charge in [0.25, 0.3) is 0 Å². The number of benzene rings is 1. The van der Waals surface area contributed by atoms with Crippen molar-refractivity contribution in [1.29, 1.82) is 0 Å². The van der Waals surface area contributed by atoms with E-state index >= 15 is 0 Å². The Balaban J connectivity index is 1.70. The van der Waals surface area contributed by atoms with Crippen molar-refractivity contribution in [1.82, 2.24) is 14.9 Å². The summed E-state index contributed by atoms with van der Waals surface area (Å²) in [5.74, 6) is -1.33. The molecule has 1 amide bonds. The zero-order chi connectivity index (χ0) is 16.4. The first kappa shape index (κ1) is 15.1. The predicted molar refractivity (Wildman–Crippen MR) is 82.6 cm³/mol. The predicted octanol–water partition coefficient (Wildman–Crippen LogP) is 2.71. The van der Waals surface area contributed by atoms with Crippen LogP contribution in [0.15, 0.2) is 42.7 Å². The smallest absolute Gasteiger partial charge is 0.224 e. The molecule has 1 N–H and O–H groups in total. The Hall–Kier alpha value is -2.76. The second-order valence-corrected chi connectivity index (χ2v) is 5.33. The van der Waals surface area contributed by atoms with E-state index in [1.165, 1.54) is 0 Å². The van der Waals surface area contributed by atoms with Gasteiger partial charge in [-0.1, -0.05) is 0 Å². The molecule has 0 aliphatic rings. The van der Waals surface area contributed by atoms with Crippen LogP contribution in [0.25, 0.3) is 11.0 Å². The van der Waals surface area contributed by atoms with Crippen LogP contribution >= 0.6 is 0 Å². The minimum atomic E-state index is -0.541. The molecule has 1 aromatic carbocycles. The van der Waals surface area contributed by atoms with Gasteiger partial charge in [0.1, 0.15) is 17.3 Å². The SMILES string of the molecule is Cn1cc(CC(=O)NCc2cc(F)ccc2F)c2cccnc21. The Morgan fingerprint density at radius 2 is 2.09 bits per heavy atom. The van der Waals surface area contributed by atoms with Gasteiger partial charge in [0, 0.05) is 36.9 Å². The van der Waals surface area contributed by atoms with Crippen LogP contribution in [0, 0.1) is 11.6 Å². The second-order valence-electron chi connectivity index (χ2n) is 5.33. The topological polar surface area (TPSA) is 46.9 Å². The largest absolute Gasteiger partial charge is 0.352 e. The van der Waals surface area contributed by atoms with Crippen LogP contribution in [0.3, 0.4) is 0 Å². The van der Waals surface area contributed by atoms with Crippen molar-refractivity contribution in [3.8, 4) is 0 Å². The van der Waals surface area contributed by atoms with Crippen molar-refractivity contribution in [3.05, 3.63) is 65.5 Å². The first-order chi connectivity index (χ1) is 11.0. The molecular formula is C17H15F2N3O. The van der Waals surface area contributed by atoms with Gasteiger partial charge >= 0.3 is 0 Å². The fourth-order valence-corrected chi connectivity index (χ4v) is 2.54. The van der Waals surface area contributed by atoms with Crippen LogP contribution in [0.1, 0.15) is 11.1 Å². The first-order valence-electron chi connectivity index (χ1n) is 7.14. The van der Waals surface area contributed by atoms with Crippen molar-refractivity contribution in [2.45, 2.75) is 13.0 Å². The molecule has 6 heteroatoms. The van der Waals surface area contributed by atoms with Crippen molar-refractivity contribution < 1.29 is 13.6 Å². The number of carbonyl (C=O) groups is 1. The third-order valence-corrected chi connectivity index (χ3v) is 3.65. The van der Waals surface area contributed by atoms with E-state index in [0.717, 1.165) is 34.8 Å². The molecule has 0 saturated heterocycles. The first-order valence-corrected chi connectivity index (χ1v) is 7.14. The summed E-state index contributed by atoms with van der Waals surface area (Å²) < 4.78 is 28.5. The highest BCUT2D eigenvalue weighted by Crippen LogP contribution is 2.18. The average Bonchev–Trinajstić information content (AvgIpc) is 2.85. The summed E-state index contributed by atoms with van der Waals surface area (Å²) >= 11 is 0. The number of carbonyl (C=O) groups excluding carboxylic acids is 1. The molecule has 0 aliphatic carbocycles. The lowest BCUT2D eigenvalue weighted by molar-refractivity contribution is -0.120. The Morgan fingerprint density at radius 3 is 2.91 bits per heavy atom. The molecule has 0 saturated carbocycles. The lowest BCUT2D eigenvalue weighted by atomic mass is 10.1. The Morgan fingerprint density at radius 1 is 1.26 bits per heavy atom. The molecule has 0 radical (unpaired) electrons. The molecule has 0 bridgehead atoms. The van der Waals surface area contributed by atoms with Crippen LogP contribution < -0.4 is 5.32 Å². The molecular weight excluding hydrogens is 300 g/mol. The number of nitrogens with one attached hydrogen (secondary N) is 1. The fraction of sp³-hybridized carbons (Fsp3) is 0.176. The van der Waals surface area contributed by atoms with Crippen molar-refractivity contribution >= 4 is 16.9 Å². The van der Waals surface area contributed by atoms with E-state index in [1.807, 2.05) is 29.9 Å². The number of amides is 1. The standard InChI is InChI=1S/C17H15F2N3O/c1-22-10-12(14-3-2-6-20-17(14)22)8-16(23)21-9-11-7-13(18)4-5-15(11)19/h2-7,10H,8-9H2,1H3,(H,21,23). The number of fused-ring (bicyclic) bond motifs is 1.